The molecule has 1 heterocycles. The second-order valence-corrected chi connectivity index (χ2v) is 4.68. The largest absolute Gasteiger partial charge is 0.334 e. The maximum absolute atomic E-state index is 4.18. The molecule has 0 saturated carbocycles. The summed E-state index contributed by atoms with van der Waals surface area (Å²) in [4.78, 5) is 4.18. The van der Waals surface area contributed by atoms with E-state index >= 15 is 0 Å². The number of aryl methyl sites for hydroxylation is 2. The molecule has 0 fully saturated rings. The summed E-state index contributed by atoms with van der Waals surface area (Å²) >= 11 is 0. The second-order valence-electron chi connectivity index (χ2n) is 4.68. The number of aromatic nitrogens is 2. The molecule has 0 bridgehead atoms. The van der Waals surface area contributed by atoms with Crippen molar-refractivity contribution in [3.63, 3.8) is 0 Å². The van der Waals surface area contributed by atoms with Crippen molar-refractivity contribution in [1.29, 1.82) is 0 Å². The van der Waals surface area contributed by atoms with Crippen LogP contribution in [0.3, 0.4) is 0 Å². The molecule has 2 aromatic rings. The van der Waals surface area contributed by atoms with Crippen LogP contribution in [0.1, 0.15) is 36.7 Å². The zero-order chi connectivity index (χ0) is 13.0. The van der Waals surface area contributed by atoms with Crippen molar-refractivity contribution in [2.24, 2.45) is 0 Å². The predicted molar refractivity (Wildman–Crippen MR) is 74.3 cm³/mol. The zero-order valence-electron chi connectivity index (χ0n) is 11.4. The number of hydrogen-bond acceptors (Lipinski definition) is 2. The first-order chi connectivity index (χ1) is 8.70. The van der Waals surface area contributed by atoms with Crippen LogP contribution in [-0.4, -0.2) is 9.55 Å². The molecular formula is C15H21N3. The van der Waals surface area contributed by atoms with Gasteiger partial charge >= 0.3 is 0 Å². The summed E-state index contributed by atoms with van der Waals surface area (Å²) in [6.07, 6.45) is 3.81. The Balaban J connectivity index is 1.96. The van der Waals surface area contributed by atoms with Gasteiger partial charge in [0.2, 0.25) is 0 Å². The quantitative estimate of drug-likeness (QED) is 0.874. The van der Waals surface area contributed by atoms with E-state index in [2.05, 4.69) is 59.9 Å². The maximum Gasteiger partial charge on any atom is 0.0948 e. The van der Waals surface area contributed by atoms with Gasteiger partial charge in [-0.05, 0) is 26.3 Å². The average molecular weight is 243 g/mol. The molecule has 2 rings (SSSR count). The molecule has 0 amide bonds. The van der Waals surface area contributed by atoms with Crippen molar-refractivity contribution < 1.29 is 0 Å². The van der Waals surface area contributed by atoms with Crippen molar-refractivity contribution in [3.8, 4) is 0 Å². The van der Waals surface area contributed by atoms with Gasteiger partial charge in [0.15, 0.2) is 0 Å². The average Bonchev–Trinajstić information content (AvgIpc) is 2.84. The lowest BCUT2D eigenvalue weighted by molar-refractivity contribution is 0.549. The van der Waals surface area contributed by atoms with Gasteiger partial charge in [-0.3, -0.25) is 0 Å². The van der Waals surface area contributed by atoms with E-state index < -0.39 is 0 Å². The number of benzene rings is 1. The molecule has 0 saturated heterocycles. The summed E-state index contributed by atoms with van der Waals surface area (Å²) in [6.45, 7) is 8.26. The van der Waals surface area contributed by atoms with Crippen LogP contribution in [0.25, 0.3) is 0 Å². The number of hydrogen-bond donors (Lipinski definition) is 1. The van der Waals surface area contributed by atoms with E-state index in [9.17, 15) is 0 Å². The van der Waals surface area contributed by atoms with Gasteiger partial charge in [-0.2, -0.15) is 0 Å². The number of imidazole rings is 1. The fourth-order valence-corrected chi connectivity index (χ4v) is 2.01. The molecule has 1 aromatic carbocycles. The molecule has 0 aliphatic rings. The minimum absolute atomic E-state index is 0.353. The van der Waals surface area contributed by atoms with Gasteiger partial charge in [-0.1, -0.05) is 29.8 Å². The second kappa shape index (κ2) is 5.83. The van der Waals surface area contributed by atoms with Crippen LogP contribution in [-0.2, 0) is 13.1 Å². The van der Waals surface area contributed by atoms with Crippen LogP contribution in [0.15, 0.2) is 36.8 Å². The molecule has 1 atom stereocenters. The monoisotopic (exact) mass is 243 g/mol. The van der Waals surface area contributed by atoms with Gasteiger partial charge in [0.1, 0.15) is 0 Å². The number of rotatable bonds is 5. The summed E-state index contributed by atoms with van der Waals surface area (Å²) < 4.78 is 2.16. The Morgan fingerprint density at radius 2 is 2.00 bits per heavy atom. The van der Waals surface area contributed by atoms with Gasteiger partial charge in [0.05, 0.1) is 12.0 Å². The molecule has 1 aromatic heterocycles. The van der Waals surface area contributed by atoms with Gasteiger partial charge in [0, 0.05) is 25.3 Å². The third-order valence-electron chi connectivity index (χ3n) is 3.31. The molecule has 1 N–H and O–H groups in total. The van der Waals surface area contributed by atoms with E-state index in [0.29, 0.717) is 6.04 Å². The van der Waals surface area contributed by atoms with Crippen LogP contribution in [0.4, 0.5) is 0 Å². The summed E-state index contributed by atoms with van der Waals surface area (Å²) in [6, 6.07) is 9.03. The molecule has 3 nitrogen and oxygen atoms in total. The third-order valence-corrected chi connectivity index (χ3v) is 3.31. The highest BCUT2D eigenvalue weighted by atomic mass is 15.1. The van der Waals surface area contributed by atoms with Crippen LogP contribution in [0.5, 0.6) is 0 Å². The SMILES string of the molecule is CCn1cncc1CN[C@@H](C)c1ccc(C)cc1. The van der Waals surface area contributed by atoms with Gasteiger partial charge in [0.25, 0.3) is 0 Å². The standard InChI is InChI=1S/C15H21N3/c1-4-18-11-16-9-15(18)10-17-13(3)14-7-5-12(2)6-8-14/h5-9,11,13,17H,4,10H2,1-3H3/t13-/m0/s1. The summed E-state index contributed by atoms with van der Waals surface area (Å²) in [7, 11) is 0. The predicted octanol–water partition coefficient (Wildman–Crippen LogP) is 3.06. The lowest BCUT2D eigenvalue weighted by Crippen LogP contribution is -2.19. The Morgan fingerprint density at radius 1 is 1.28 bits per heavy atom. The topological polar surface area (TPSA) is 29.9 Å². The van der Waals surface area contributed by atoms with Gasteiger partial charge in [-0.25, -0.2) is 4.98 Å². The molecule has 96 valence electrons. The van der Waals surface area contributed by atoms with E-state index in [4.69, 9.17) is 0 Å². The Bertz CT molecular complexity index is 485. The first-order valence-corrected chi connectivity index (χ1v) is 6.49. The summed E-state index contributed by atoms with van der Waals surface area (Å²) in [5, 5.41) is 3.53. The minimum atomic E-state index is 0.353. The molecule has 18 heavy (non-hydrogen) atoms. The molecule has 0 radical (unpaired) electrons. The van der Waals surface area contributed by atoms with Crippen molar-refractivity contribution in [2.45, 2.75) is 39.9 Å². The smallest absolute Gasteiger partial charge is 0.0948 e. The lowest BCUT2D eigenvalue weighted by Gasteiger charge is -2.15. The molecule has 0 unspecified atom stereocenters. The Hall–Kier alpha value is -1.61. The van der Waals surface area contributed by atoms with E-state index in [1.165, 1.54) is 16.8 Å². The van der Waals surface area contributed by atoms with Crippen LogP contribution < -0.4 is 5.32 Å². The maximum atomic E-state index is 4.18. The Labute approximate surface area is 109 Å². The van der Waals surface area contributed by atoms with Crippen molar-refractivity contribution in [1.82, 2.24) is 14.9 Å². The van der Waals surface area contributed by atoms with Crippen LogP contribution in [0.2, 0.25) is 0 Å². The van der Waals surface area contributed by atoms with Crippen molar-refractivity contribution in [2.75, 3.05) is 0 Å². The third kappa shape index (κ3) is 2.99. The van der Waals surface area contributed by atoms with Crippen molar-refractivity contribution >= 4 is 0 Å². The fraction of sp³-hybridized carbons (Fsp3) is 0.400. The normalized spacial score (nSPS) is 12.6. The zero-order valence-corrected chi connectivity index (χ0v) is 11.4. The van der Waals surface area contributed by atoms with Crippen molar-refractivity contribution in [3.05, 3.63) is 53.6 Å². The van der Waals surface area contributed by atoms with Crippen LogP contribution in [0, 0.1) is 6.92 Å². The Morgan fingerprint density at radius 3 is 2.67 bits per heavy atom. The van der Waals surface area contributed by atoms with Crippen LogP contribution >= 0.6 is 0 Å². The molecule has 0 spiro atoms. The summed E-state index contributed by atoms with van der Waals surface area (Å²) in [5.41, 5.74) is 3.86. The molecule has 3 heteroatoms. The van der Waals surface area contributed by atoms with E-state index in [0.717, 1.165) is 13.1 Å². The fourth-order valence-electron chi connectivity index (χ4n) is 2.01. The van der Waals surface area contributed by atoms with Gasteiger partial charge in [-0.15, -0.1) is 0 Å². The number of nitrogens with one attached hydrogen (secondary N) is 1. The summed E-state index contributed by atoms with van der Waals surface area (Å²) in [5.74, 6) is 0. The molecule has 0 aliphatic carbocycles. The number of nitrogens with zero attached hydrogens (tertiary/aromatic N) is 2. The highest BCUT2D eigenvalue weighted by Gasteiger charge is 2.06. The van der Waals surface area contributed by atoms with E-state index in [1.54, 1.807) is 0 Å². The van der Waals surface area contributed by atoms with E-state index in [1.807, 2.05) is 12.5 Å². The highest BCUT2D eigenvalue weighted by molar-refractivity contribution is 5.23. The van der Waals surface area contributed by atoms with Gasteiger partial charge < -0.3 is 9.88 Å². The lowest BCUT2D eigenvalue weighted by atomic mass is 10.1. The molecule has 0 aliphatic heterocycles. The Kier molecular flexibility index (Phi) is 4.15. The first-order valence-electron chi connectivity index (χ1n) is 6.49. The minimum Gasteiger partial charge on any atom is -0.334 e. The highest BCUT2D eigenvalue weighted by Crippen LogP contribution is 2.13. The first kappa shape index (κ1) is 12.8. The molecular weight excluding hydrogens is 222 g/mol. The van der Waals surface area contributed by atoms with E-state index in [-0.39, 0.29) is 0 Å².